The molecule has 0 atom stereocenters. The average Bonchev–Trinajstić information content (AvgIpc) is 3.14. The number of aryl methyl sites for hydroxylation is 2. The van der Waals surface area contributed by atoms with E-state index in [1.165, 1.54) is 0 Å². The van der Waals surface area contributed by atoms with E-state index < -0.39 is 0 Å². The molecule has 0 saturated carbocycles. The van der Waals surface area contributed by atoms with E-state index in [4.69, 9.17) is 0 Å². The largest absolute Gasteiger partial charge is 0.322 e. The van der Waals surface area contributed by atoms with E-state index >= 15 is 0 Å². The Morgan fingerprint density at radius 1 is 1.08 bits per heavy atom. The van der Waals surface area contributed by atoms with Gasteiger partial charge in [-0.3, -0.25) is 9.59 Å². The first-order valence-electron chi connectivity index (χ1n) is 8.47. The molecule has 2 aromatic carbocycles. The van der Waals surface area contributed by atoms with E-state index in [9.17, 15) is 9.59 Å². The Balaban J connectivity index is 1.85. The number of aromatic nitrogens is 3. The first-order chi connectivity index (χ1) is 12.6. The molecule has 26 heavy (non-hydrogen) atoms. The highest BCUT2D eigenvalue weighted by Gasteiger charge is 2.14. The van der Waals surface area contributed by atoms with Crippen molar-refractivity contribution in [3.63, 3.8) is 0 Å². The summed E-state index contributed by atoms with van der Waals surface area (Å²) in [5, 5.41) is 7.17. The van der Waals surface area contributed by atoms with Crippen LogP contribution in [0, 0.1) is 6.92 Å². The molecule has 6 heteroatoms. The van der Waals surface area contributed by atoms with Crippen LogP contribution in [0.5, 0.6) is 0 Å². The number of hydrogen-bond acceptors (Lipinski definition) is 3. The summed E-state index contributed by atoms with van der Waals surface area (Å²) in [4.78, 5) is 25.3. The van der Waals surface area contributed by atoms with Gasteiger partial charge >= 0.3 is 0 Å². The van der Waals surface area contributed by atoms with E-state index in [1.54, 1.807) is 33.5 Å². The Labute approximate surface area is 149 Å². The minimum absolute atomic E-state index is 0.117. The zero-order valence-electron chi connectivity index (χ0n) is 14.6. The van der Waals surface area contributed by atoms with E-state index in [0.717, 1.165) is 16.8 Å². The third kappa shape index (κ3) is 2.47. The van der Waals surface area contributed by atoms with Crippen LogP contribution in [0.15, 0.2) is 59.5 Å². The normalized spacial score (nSPS) is 11.2. The molecule has 0 radical (unpaired) electrons. The predicted octanol–water partition coefficient (Wildman–Crippen LogP) is 3.23. The molecule has 2 aromatic heterocycles. The molecule has 0 aliphatic rings. The fourth-order valence-corrected chi connectivity index (χ4v) is 3.19. The molecular formula is C20H18N4O2. The average molecular weight is 346 g/mol. The van der Waals surface area contributed by atoms with Crippen LogP contribution < -0.4 is 10.9 Å². The number of amides is 1. The van der Waals surface area contributed by atoms with Crippen LogP contribution in [0.25, 0.3) is 16.6 Å². The maximum absolute atomic E-state index is 12.7. The van der Waals surface area contributed by atoms with Crippen molar-refractivity contribution in [1.29, 1.82) is 0 Å². The quantitative estimate of drug-likeness (QED) is 0.619. The molecule has 0 aliphatic carbocycles. The van der Waals surface area contributed by atoms with Crippen molar-refractivity contribution in [3.05, 3.63) is 76.2 Å². The first kappa shape index (κ1) is 16.1. The lowest BCUT2D eigenvalue weighted by molar-refractivity contribution is 0.102. The minimum atomic E-state index is -0.211. The van der Waals surface area contributed by atoms with Gasteiger partial charge < -0.3 is 9.88 Å². The van der Waals surface area contributed by atoms with E-state index in [-0.39, 0.29) is 11.5 Å². The standard InChI is InChI=1S/C20H18N4O2/c1-3-23-18-12-14(19(25)22-15-7-5-4-6-13(15)2)8-9-16(18)24-17(20(23)26)10-11-21-24/h4-12H,3H2,1-2H3,(H,22,25). The molecule has 4 aromatic rings. The van der Waals surface area contributed by atoms with E-state index in [2.05, 4.69) is 10.4 Å². The second-order valence-corrected chi connectivity index (χ2v) is 6.15. The molecule has 1 amide bonds. The first-order valence-corrected chi connectivity index (χ1v) is 8.47. The summed E-state index contributed by atoms with van der Waals surface area (Å²) in [5.41, 5.74) is 4.14. The molecule has 4 rings (SSSR count). The molecule has 2 heterocycles. The van der Waals surface area contributed by atoms with Gasteiger partial charge in [-0.25, -0.2) is 4.52 Å². The summed E-state index contributed by atoms with van der Waals surface area (Å²) >= 11 is 0. The number of fused-ring (bicyclic) bond motifs is 3. The van der Waals surface area contributed by atoms with Gasteiger partial charge in [-0.2, -0.15) is 5.10 Å². The third-order valence-electron chi connectivity index (χ3n) is 4.57. The summed E-state index contributed by atoms with van der Waals surface area (Å²) < 4.78 is 3.28. The van der Waals surface area contributed by atoms with Gasteiger partial charge in [-0.15, -0.1) is 0 Å². The van der Waals surface area contributed by atoms with Crippen molar-refractivity contribution in [3.8, 4) is 0 Å². The zero-order chi connectivity index (χ0) is 18.3. The molecule has 0 unspecified atom stereocenters. The Morgan fingerprint density at radius 2 is 1.88 bits per heavy atom. The fourth-order valence-electron chi connectivity index (χ4n) is 3.19. The predicted molar refractivity (Wildman–Crippen MR) is 102 cm³/mol. The summed E-state index contributed by atoms with van der Waals surface area (Å²) in [5.74, 6) is -0.211. The number of para-hydroxylation sites is 1. The van der Waals surface area contributed by atoms with Gasteiger partial charge in [0, 0.05) is 17.8 Å². The highest BCUT2D eigenvalue weighted by atomic mass is 16.1. The van der Waals surface area contributed by atoms with Crippen molar-refractivity contribution in [2.24, 2.45) is 0 Å². The lowest BCUT2D eigenvalue weighted by Gasteiger charge is -2.12. The molecule has 0 saturated heterocycles. The molecule has 0 aliphatic heterocycles. The van der Waals surface area contributed by atoms with Crippen LogP contribution >= 0.6 is 0 Å². The van der Waals surface area contributed by atoms with Gasteiger partial charge in [0.1, 0.15) is 5.52 Å². The second-order valence-electron chi connectivity index (χ2n) is 6.15. The topological polar surface area (TPSA) is 68.4 Å². The van der Waals surface area contributed by atoms with Gasteiger partial charge in [-0.1, -0.05) is 18.2 Å². The highest BCUT2D eigenvalue weighted by molar-refractivity contribution is 6.06. The van der Waals surface area contributed by atoms with Crippen LogP contribution in [0.1, 0.15) is 22.8 Å². The summed E-state index contributed by atoms with van der Waals surface area (Å²) in [6.45, 7) is 4.37. The second kappa shape index (κ2) is 6.15. The smallest absolute Gasteiger partial charge is 0.277 e. The van der Waals surface area contributed by atoms with Crippen molar-refractivity contribution < 1.29 is 4.79 Å². The lowest BCUT2D eigenvalue weighted by atomic mass is 10.1. The van der Waals surface area contributed by atoms with Crippen LogP contribution in [0.3, 0.4) is 0 Å². The van der Waals surface area contributed by atoms with Gasteiger partial charge in [-0.05, 0) is 49.7 Å². The number of benzene rings is 2. The van der Waals surface area contributed by atoms with Gasteiger partial charge in [0.25, 0.3) is 11.5 Å². The lowest BCUT2D eigenvalue weighted by Crippen LogP contribution is -2.23. The van der Waals surface area contributed by atoms with Gasteiger partial charge in [0.15, 0.2) is 0 Å². The van der Waals surface area contributed by atoms with Crippen molar-refractivity contribution >= 4 is 28.1 Å². The van der Waals surface area contributed by atoms with E-state index in [0.29, 0.717) is 23.1 Å². The van der Waals surface area contributed by atoms with E-state index in [1.807, 2.05) is 44.2 Å². The minimum Gasteiger partial charge on any atom is -0.322 e. The van der Waals surface area contributed by atoms with Crippen molar-refractivity contribution in [1.82, 2.24) is 14.2 Å². The number of hydrogen-bond donors (Lipinski definition) is 1. The summed E-state index contributed by atoms with van der Waals surface area (Å²) in [6.07, 6.45) is 1.61. The Bertz CT molecular complexity index is 1200. The highest BCUT2D eigenvalue weighted by Crippen LogP contribution is 2.19. The number of nitrogens with one attached hydrogen (secondary N) is 1. The maximum Gasteiger partial charge on any atom is 0.277 e. The number of anilines is 1. The zero-order valence-corrected chi connectivity index (χ0v) is 14.6. The fraction of sp³-hybridized carbons (Fsp3) is 0.150. The van der Waals surface area contributed by atoms with Crippen LogP contribution in [0.2, 0.25) is 0 Å². The Kier molecular flexibility index (Phi) is 3.80. The molecule has 0 bridgehead atoms. The maximum atomic E-state index is 12.7. The molecule has 0 fully saturated rings. The van der Waals surface area contributed by atoms with Crippen LogP contribution in [-0.2, 0) is 6.54 Å². The monoisotopic (exact) mass is 346 g/mol. The van der Waals surface area contributed by atoms with Gasteiger partial charge in [0.05, 0.1) is 17.2 Å². The van der Waals surface area contributed by atoms with Gasteiger partial charge in [0.2, 0.25) is 0 Å². The SMILES string of the molecule is CCn1c(=O)c2ccnn2c2ccc(C(=O)Nc3ccccc3C)cc21. The Hall–Kier alpha value is -3.41. The molecule has 0 spiro atoms. The molecule has 130 valence electrons. The third-order valence-corrected chi connectivity index (χ3v) is 4.57. The molecule has 1 N–H and O–H groups in total. The van der Waals surface area contributed by atoms with Crippen LogP contribution in [0.4, 0.5) is 5.69 Å². The number of nitrogens with zero attached hydrogens (tertiary/aromatic N) is 3. The number of carbonyl (C=O) groups is 1. The Morgan fingerprint density at radius 3 is 2.65 bits per heavy atom. The summed E-state index contributed by atoms with van der Waals surface area (Å²) in [6, 6.07) is 14.6. The number of rotatable bonds is 3. The summed E-state index contributed by atoms with van der Waals surface area (Å²) in [7, 11) is 0. The number of carbonyl (C=O) groups excluding carboxylic acids is 1. The van der Waals surface area contributed by atoms with Crippen molar-refractivity contribution in [2.45, 2.75) is 20.4 Å². The molecular weight excluding hydrogens is 328 g/mol. The van der Waals surface area contributed by atoms with Crippen LogP contribution in [-0.4, -0.2) is 20.1 Å². The molecule has 6 nitrogen and oxygen atoms in total. The van der Waals surface area contributed by atoms with Crippen molar-refractivity contribution in [2.75, 3.05) is 5.32 Å².